The molecule has 3 aromatic rings. The molecule has 1 aliphatic heterocycles. The van der Waals surface area contributed by atoms with Crippen LogP contribution < -0.4 is 10.7 Å². The molecule has 2 N–H and O–H groups in total. The highest BCUT2D eigenvalue weighted by Crippen LogP contribution is 2.38. The number of halogens is 1. The van der Waals surface area contributed by atoms with E-state index in [0.29, 0.717) is 15.9 Å². The van der Waals surface area contributed by atoms with Gasteiger partial charge in [0.25, 0.3) is 0 Å². The maximum Gasteiger partial charge on any atom is 0.240 e. The van der Waals surface area contributed by atoms with Crippen LogP contribution in [0.5, 0.6) is 0 Å². The first kappa shape index (κ1) is 19.8. The molecule has 0 bridgehead atoms. The Kier molecular flexibility index (Phi) is 5.78. The zero-order valence-corrected chi connectivity index (χ0v) is 17.8. The van der Waals surface area contributed by atoms with E-state index >= 15 is 0 Å². The zero-order valence-electron chi connectivity index (χ0n) is 16.2. The minimum Gasteiger partial charge on any atom is -0.325 e. The second-order valence-electron chi connectivity index (χ2n) is 6.99. The molecule has 2 aromatic carbocycles. The number of aryl methyl sites for hydroxylation is 2. The van der Waals surface area contributed by atoms with Gasteiger partial charge in [-0.05, 0) is 36.6 Å². The number of amides is 1. The second kappa shape index (κ2) is 8.47. The van der Waals surface area contributed by atoms with Gasteiger partial charge in [-0.3, -0.25) is 4.79 Å². The van der Waals surface area contributed by atoms with Gasteiger partial charge in [-0.2, -0.15) is 0 Å². The van der Waals surface area contributed by atoms with Crippen LogP contribution in [0.25, 0.3) is 0 Å². The highest BCUT2D eigenvalue weighted by atomic mass is 35.5. The zero-order chi connectivity index (χ0) is 20.4. The monoisotopic (exact) mass is 427 g/mol. The lowest BCUT2D eigenvalue weighted by Crippen LogP contribution is -2.41. The SMILES string of the molecule is CCCc1nnc2n1N[C@@H](c1ccccc1)[C@H](C(=O)Nc1cc(Cl)ccc1C)S2. The van der Waals surface area contributed by atoms with Gasteiger partial charge in [-0.15, -0.1) is 10.2 Å². The third-order valence-corrected chi connectivity index (χ3v) is 6.30. The molecule has 2 heterocycles. The Balaban J connectivity index is 1.67. The Labute approximate surface area is 179 Å². The van der Waals surface area contributed by atoms with Crippen LogP contribution in [0.15, 0.2) is 53.7 Å². The Morgan fingerprint density at radius 1 is 1.24 bits per heavy atom. The summed E-state index contributed by atoms with van der Waals surface area (Å²) in [7, 11) is 0. The first-order valence-electron chi connectivity index (χ1n) is 9.56. The van der Waals surface area contributed by atoms with Gasteiger partial charge in [0.1, 0.15) is 5.25 Å². The topological polar surface area (TPSA) is 71.8 Å². The number of aromatic nitrogens is 3. The van der Waals surface area contributed by atoms with E-state index in [4.69, 9.17) is 11.6 Å². The number of rotatable bonds is 5. The first-order chi connectivity index (χ1) is 14.1. The molecule has 0 aliphatic carbocycles. The summed E-state index contributed by atoms with van der Waals surface area (Å²) in [5, 5.41) is 12.5. The lowest BCUT2D eigenvalue weighted by atomic mass is 10.0. The van der Waals surface area contributed by atoms with Gasteiger partial charge < -0.3 is 10.7 Å². The molecular formula is C21H22ClN5OS. The molecule has 8 heteroatoms. The van der Waals surface area contributed by atoms with Crippen molar-refractivity contribution in [3.05, 3.63) is 70.5 Å². The van der Waals surface area contributed by atoms with E-state index in [-0.39, 0.29) is 11.9 Å². The third-order valence-electron chi connectivity index (χ3n) is 4.85. The van der Waals surface area contributed by atoms with Crippen LogP contribution in [0.2, 0.25) is 5.02 Å². The molecule has 1 aliphatic rings. The number of nitrogens with one attached hydrogen (secondary N) is 2. The second-order valence-corrected chi connectivity index (χ2v) is 8.53. The molecule has 1 amide bonds. The van der Waals surface area contributed by atoms with Gasteiger partial charge in [-0.1, -0.05) is 66.7 Å². The number of carbonyl (C=O) groups excluding carboxylic acids is 1. The number of fused-ring (bicyclic) bond motifs is 1. The van der Waals surface area contributed by atoms with E-state index < -0.39 is 5.25 Å². The van der Waals surface area contributed by atoms with E-state index in [1.807, 2.05) is 54.1 Å². The average molecular weight is 428 g/mol. The molecule has 29 heavy (non-hydrogen) atoms. The molecule has 0 radical (unpaired) electrons. The van der Waals surface area contributed by atoms with Crippen LogP contribution in [0, 0.1) is 6.92 Å². The van der Waals surface area contributed by atoms with Crippen molar-refractivity contribution in [3.8, 4) is 0 Å². The third kappa shape index (κ3) is 4.11. The smallest absolute Gasteiger partial charge is 0.240 e. The van der Waals surface area contributed by atoms with Crippen LogP contribution in [-0.2, 0) is 11.2 Å². The first-order valence-corrected chi connectivity index (χ1v) is 10.8. The Morgan fingerprint density at radius 3 is 2.79 bits per heavy atom. The van der Waals surface area contributed by atoms with Crippen LogP contribution in [-0.4, -0.2) is 26.0 Å². The van der Waals surface area contributed by atoms with Crippen molar-refractivity contribution in [1.82, 2.24) is 14.9 Å². The van der Waals surface area contributed by atoms with Crippen molar-refractivity contribution < 1.29 is 4.79 Å². The van der Waals surface area contributed by atoms with Crippen molar-refractivity contribution in [2.75, 3.05) is 10.7 Å². The van der Waals surface area contributed by atoms with Crippen LogP contribution in [0.4, 0.5) is 5.69 Å². The number of nitrogens with zero attached hydrogens (tertiary/aromatic N) is 3. The summed E-state index contributed by atoms with van der Waals surface area (Å²) in [6.07, 6.45) is 1.79. The predicted molar refractivity (Wildman–Crippen MR) is 117 cm³/mol. The van der Waals surface area contributed by atoms with Gasteiger partial charge >= 0.3 is 0 Å². The summed E-state index contributed by atoms with van der Waals surface area (Å²) in [4.78, 5) is 13.3. The number of benzene rings is 2. The minimum absolute atomic E-state index is 0.104. The van der Waals surface area contributed by atoms with Crippen molar-refractivity contribution in [1.29, 1.82) is 0 Å². The van der Waals surface area contributed by atoms with Gasteiger partial charge in [0.2, 0.25) is 11.1 Å². The molecular weight excluding hydrogens is 406 g/mol. The largest absolute Gasteiger partial charge is 0.325 e. The van der Waals surface area contributed by atoms with Gasteiger partial charge in [0, 0.05) is 17.1 Å². The molecule has 0 fully saturated rings. The molecule has 4 rings (SSSR count). The standard InChI is InChI=1S/C21H22ClN5OS/c1-3-7-17-24-25-21-27(17)26-18(14-8-5-4-6-9-14)19(29-21)20(28)23-16-12-15(22)11-10-13(16)2/h4-6,8-12,18-19,26H,3,7H2,1-2H3,(H,23,28)/t18-,19+/m0/s1. The summed E-state index contributed by atoms with van der Waals surface area (Å²) in [6, 6.07) is 15.2. The fraction of sp³-hybridized carbons (Fsp3) is 0.286. The van der Waals surface area contributed by atoms with Crippen LogP contribution >= 0.6 is 23.4 Å². The van der Waals surface area contributed by atoms with Crippen molar-refractivity contribution in [3.63, 3.8) is 0 Å². The molecule has 0 unspecified atom stereocenters. The fourth-order valence-electron chi connectivity index (χ4n) is 3.33. The molecule has 1 aromatic heterocycles. The lowest BCUT2D eigenvalue weighted by Gasteiger charge is -2.33. The molecule has 0 saturated carbocycles. The molecule has 150 valence electrons. The van der Waals surface area contributed by atoms with Crippen molar-refractivity contribution >= 4 is 35.0 Å². The fourth-order valence-corrected chi connectivity index (χ4v) is 4.60. The number of carbonyl (C=O) groups is 1. The number of thioether (sulfide) groups is 1. The van der Waals surface area contributed by atoms with Crippen LogP contribution in [0.3, 0.4) is 0 Å². The van der Waals surface area contributed by atoms with Gasteiger partial charge in [-0.25, -0.2) is 4.68 Å². The maximum atomic E-state index is 13.3. The van der Waals surface area contributed by atoms with Gasteiger partial charge in [0.15, 0.2) is 5.82 Å². The number of hydrogen-bond donors (Lipinski definition) is 2. The van der Waals surface area contributed by atoms with E-state index in [0.717, 1.165) is 29.8 Å². The van der Waals surface area contributed by atoms with E-state index in [1.165, 1.54) is 11.8 Å². The van der Waals surface area contributed by atoms with Gasteiger partial charge in [0.05, 0.1) is 6.04 Å². The average Bonchev–Trinajstić information content (AvgIpc) is 3.12. The maximum absolute atomic E-state index is 13.3. The minimum atomic E-state index is -0.415. The number of hydrogen-bond acceptors (Lipinski definition) is 5. The Bertz CT molecular complexity index is 1020. The molecule has 6 nitrogen and oxygen atoms in total. The summed E-state index contributed by atoms with van der Waals surface area (Å²) < 4.78 is 1.92. The van der Waals surface area contributed by atoms with E-state index in [2.05, 4.69) is 27.9 Å². The summed E-state index contributed by atoms with van der Waals surface area (Å²) in [5.74, 6) is 0.772. The van der Waals surface area contributed by atoms with Crippen molar-refractivity contribution in [2.24, 2.45) is 0 Å². The molecule has 0 spiro atoms. The Hall–Kier alpha value is -2.51. The quantitative estimate of drug-likeness (QED) is 0.623. The summed E-state index contributed by atoms with van der Waals surface area (Å²) >= 11 is 7.55. The molecule has 0 saturated heterocycles. The molecule has 2 atom stereocenters. The van der Waals surface area contributed by atoms with E-state index in [1.54, 1.807) is 6.07 Å². The van der Waals surface area contributed by atoms with Crippen molar-refractivity contribution in [2.45, 2.75) is 43.1 Å². The Morgan fingerprint density at radius 2 is 2.03 bits per heavy atom. The van der Waals surface area contributed by atoms with Crippen LogP contribution in [0.1, 0.15) is 36.3 Å². The summed E-state index contributed by atoms with van der Waals surface area (Å²) in [6.45, 7) is 4.05. The lowest BCUT2D eigenvalue weighted by molar-refractivity contribution is -0.116. The predicted octanol–water partition coefficient (Wildman–Crippen LogP) is 4.59. The van der Waals surface area contributed by atoms with E-state index in [9.17, 15) is 4.79 Å². The highest BCUT2D eigenvalue weighted by Gasteiger charge is 2.37. The highest BCUT2D eigenvalue weighted by molar-refractivity contribution is 8.00. The summed E-state index contributed by atoms with van der Waals surface area (Å²) in [5.41, 5.74) is 6.18. The number of anilines is 1. The normalized spacial score (nSPS) is 18.0.